The van der Waals surface area contributed by atoms with E-state index in [1.54, 1.807) is 0 Å². The van der Waals surface area contributed by atoms with Gasteiger partial charge in [-0.2, -0.15) is 4.68 Å². The first kappa shape index (κ1) is 15.6. The summed E-state index contributed by atoms with van der Waals surface area (Å²) in [5.74, 6) is 1.55. The predicted molar refractivity (Wildman–Crippen MR) is 83.6 cm³/mol. The summed E-state index contributed by atoms with van der Waals surface area (Å²) >= 11 is 0. The van der Waals surface area contributed by atoms with E-state index in [-0.39, 0.29) is 0 Å². The summed E-state index contributed by atoms with van der Waals surface area (Å²) in [4.78, 5) is 1.35. The molecule has 0 spiro atoms. The van der Waals surface area contributed by atoms with Gasteiger partial charge in [-0.25, -0.2) is 0 Å². The molecule has 0 bridgehead atoms. The van der Waals surface area contributed by atoms with Gasteiger partial charge in [-0.15, -0.1) is 5.10 Å². The molecule has 0 amide bonds. The van der Waals surface area contributed by atoms with Crippen LogP contribution in [0.3, 0.4) is 0 Å². The van der Waals surface area contributed by atoms with Crippen molar-refractivity contribution in [2.45, 2.75) is 40.2 Å². The Morgan fingerprint density at radius 2 is 1.76 bits per heavy atom. The number of aryl methyl sites for hydroxylation is 2. The topological polar surface area (TPSA) is 48.0 Å². The minimum Gasteiger partial charge on any atom is -0.331 e. The molecular weight excluding hydrogens is 262 g/mol. The van der Waals surface area contributed by atoms with Crippen molar-refractivity contribution in [3.63, 3.8) is 0 Å². The summed E-state index contributed by atoms with van der Waals surface area (Å²) in [6.07, 6.45) is 1.06. The van der Waals surface area contributed by atoms with E-state index in [9.17, 15) is 0 Å². The molecule has 0 saturated heterocycles. The number of hydrogen-bond donors (Lipinski definition) is 1. The average molecular weight is 288 g/mol. The number of hydrogen-bond acceptors (Lipinski definition) is 3. The van der Waals surface area contributed by atoms with Crippen LogP contribution in [0.25, 0.3) is 5.69 Å². The molecule has 1 N–H and O–H groups in total. The number of aromatic nitrogens is 4. The van der Waals surface area contributed by atoms with Crippen molar-refractivity contribution < 1.29 is 4.90 Å². The molecule has 5 nitrogen and oxygen atoms in total. The van der Waals surface area contributed by atoms with E-state index in [4.69, 9.17) is 0 Å². The summed E-state index contributed by atoms with van der Waals surface area (Å²) in [6, 6.07) is 6.57. The van der Waals surface area contributed by atoms with Crippen molar-refractivity contribution in [1.82, 2.24) is 20.2 Å². The van der Waals surface area contributed by atoms with Gasteiger partial charge in [0, 0.05) is 6.42 Å². The van der Waals surface area contributed by atoms with Crippen LogP contribution in [0.2, 0.25) is 0 Å². The standard InChI is InChI=1S/C16H25N5/c1-11(2)10-14(20(5)6)16-17-18-19-21(16)15-12(3)8-7-9-13(15)4/h7-9,11,14H,10H2,1-6H3/p+1/t14-/m0/s1. The Morgan fingerprint density at radius 3 is 2.29 bits per heavy atom. The number of para-hydroxylation sites is 1. The van der Waals surface area contributed by atoms with Gasteiger partial charge in [0.2, 0.25) is 5.82 Å². The Labute approximate surface area is 127 Å². The molecule has 0 aliphatic heterocycles. The molecule has 0 fully saturated rings. The molecular formula is C16H26N5+. The van der Waals surface area contributed by atoms with Crippen molar-refractivity contribution in [1.29, 1.82) is 0 Å². The highest BCUT2D eigenvalue weighted by molar-refractivity contribution is 5.46. The van der Waals surface area contributed by atoms with E-state index in [0.29, 0.717) is 12.0 Å². The largest absolute Gasteiger partial charge is 0.331 e. The van der Waals surface area contributed by atoms with Gasteiger partial charge < -0.3 is 4.90 Å². The lowest BCUT2D eigenvalue weighted by atomic mass is 10.0. The summed E-state index contributed by atoms with van der Waals surface area (Å²) in [6.45, 7) is 8.69. The van der Waals surface area contributed by atoms with Gasteiger partial charge in [-0.1, -0.05) is 32.0 Å². The van der Waals surface area contributed by atoms with E-state index >= 15 is 0 Å². The third kappa shape index (κ3) is 3.29. The monoisotopic (exact) mass is 288 g/mol. The van der Waals surface area contributed by atoms with Crippen LogP contribution in [0, 0.1) is 19.8 Å². The van der Waals surface area contributed by atoms with Gasteiger partial charge in [0.25, 0.3) is 0 Å². The van der Waals surface area contributed by atoms with Gasteiger partial charge in [0.15, 0.2) is 0 Å². The number of tetrazole rings is 1. The zero-order valence-electron chi connectivity index (χ0n) is 13.9. The Hall–Kier alpha value is -1.75. The average Bonchev–Trinajstić information content (AvgIpc) is 2.84. The molecule has 21 heavy (non-hydrogen) atoms. The quantitative estimate of drug-likeness (QED) is 0.907. The number of nitrogens with zero attached hydrogens (tertiary/aromatic N) is 4. The Kier molecular flexibility index (Phi) is 4.73. The predicted octanol–water partition coefficient (Wildman–Crippen LogP) is 1.51. The molecule has 2 aromatic rings. The minimum absolute atomic E-state index is 0.291. The molecule has 1 aromatic carbocycles. The highest BCUT2D eigenvalue weighted by Gasteiger charge is 2.27. The smallest absolute Gasteiger partial charge is 0.214 e. The van der Waals surface area contributed by atoms with Gasteiger partial charge in [-0.3, -0.25) is 0 Å². The maximum atomic E-state index is 4.33. The van der Waals surface area contributed by atoms with E-state index in [2.05, 4.69) is 75.5 Å². The van der Waals surface area contributed by atoms with Gasteiger partial charge in [0.1, 0.15) is 6.04 Å². The van der Waals surface area contributed by atoms with Crippen molar-refractivity contribution >= 4 is 0 Å². The lowest BCUT2D eigenvalue weighted by molar-refractivity contribution is -0.894. The number of nitrogens with one attached hydrogen (secondary N) is 1. The van der Waals surface area contributed by atoms with E-state index < -0.39 is 0 Å². The van der Waals surface area contributed by atoms with Crippen molar-refractivity contribution in [3.05, 3.63) is 35.2 Å². The molecule has 5 heteroatoms. The molecule has 1 heterocycles. The van der Waals surface area contributed by atoms with E-state index in [1.165, 1.54) is 16.0 Å². The third-order valence-corrected chi connectivity index (χ3v) is 3.86. The van der Waals surface area contributed by atoms with E-state index in [1.807, 2.05) is 4.68 Å². The summed E-state index contributed by atoms with van der Waals surface area (Å²) in [5.41, 5.74) is 3.49. The summed E-state index contributed by atoms with van der Waals surface area (Å²) in [7, 11) is 4.33. The summed E-state index contributed by atoms with van der Waals surface area (Å²) in [5, 5.41) is 12.5. The van der Waals surface area contributed by atoms with Gasteiger partial charge in [-0.05, 0) is 41.3 Å². The first-order chi connectivity index (χ1) is 9.91. The first-order valence-electron chi connectivity index (χ1n) is 7.56. The second kappa shape index (κ2) is 6.35. The maximum Gasteiger partial charge on any atom is 0.214 e. The van der Waals surface area contributed by atoms with Crippen LogP contribution >= 0.6 is 0 Å². The maximum absolute atomic E-state index is 4.33. The fourth-order valence-corrected chi connectivity index (χ4v) is 2.78. The Bertz CT molecular complexity index is 580. The highest BCUT2D eigenvalue weighted by Crippen LogP contribution is 2.22. The van der Waals surface area contributed by atoms with Crippen molar-refractivity contribution in [3.8, 4) is 5.69 Å². The fourth-order valence-electron chi connectivity index (χ4n) is 2.78. The van der Waals surface area contributed by atoms with Crippen LogP contribution in [0.1, 0.15) is 43.3 Å². The Morgan fingerprint density at radius 1 is 1.14 bits per heavy atom. The fraction of sp³-hybridized carbons (Fsp3) is 0.562. The van der Waals surface area contributed by atoms with E-state index in [0.717, 1.165) is 17.9 Å². The molecule has 0 aliphatic carbocycles. The number of benzene rings is 1. The van der Waals surface area contributed by atoms with Crippen molar-refractivity contribution in [2.75, 3.05) is 14.1 Å². The molecule has 0 saturated carbocycles. The molecule has 0 radical (unpaired) electrons. The van der Waals surface area contributed by atoms with Crippen LogP contribution in [-0.4, -0.2) is 34.3 Å². The minimum atomic E-state index is 0.291. The molecule has 114 valence electrons. The molecule has 1 atom stereocenters. The molecule has 2 rings (SSSR count). The van der Waals surface area contributed by atoms with Gasteiger partial charge >= 0.3 is 0 Å². The van der Waals surface area contributed by atoms with Crippen LogP contribution in [0.15, 0.2) is 18.2 Å². The zero-order valence-corrected chi connectivity index (χ0v) is 13.9. The second-order valence-corrected chi connectivity index (χ2v) is 6.45. The highest BCUT2D eigenvalue weighted by atomic mass is 15.6. The van der Waals surface area contributed by atoms with Gasteiger partial charge in [0.05, 0.1) is 19.8 Å². The molecule has 1 aromatic heterocycles. The Balaban J connectivity index is 2.51. The second-order valence-electron chi connectivity index (χ2n) is 6.45. The lowest BCUT2D eigenvalue weighted by Gasteiger charge is -2.22. The van der Waals surface area contributed by atoms with Crippen molar-refractivity contribution in [2.24, 2.45) is 5.92 Å². The van der Waals surface area contributed by atoms with Crippen LogP contribution < -0.4 is 4.90 Å². The van der Waals surface area contributed by atoms with Crippen LogP contribution in [-0.2, 0) is 0 Å². The SMILES string of the molecule is Cc1cccc(C)c1-n1nnnc1[C@H](CC(C)C)[NH+](C)C. The zero-order chi connectivity index (χ0) is 15.6. The third-order valence-electron chi connectivity index (χ3n) is 3.86. The molecule has 0 aliphatic rings. The normalized spacial score (nSPS) is 13.1. The summed E-state index contributed by atoms with van der Waals surface area (Å²) < 4.78 is 1.92. The number of rotatable bonds is 5. The number of quaternary nitrogens is 1. The lowest BCUT2D eigenvalue weighted by Crippen LogP contribution is -3.06. The first-order valence-corrected chi connectivity index (χ1v) is 7.56. The molecule has 0 unspecified atom stereocenters. The van der Waals surface area contributed by atoms with Crippen LogP contribution in [0.4, 0.5) is 0 Å². The van der Waals surface area contributed by atoms with Crippen LogP contribution in [0.5, 0.6) is 0 Å².